The van der Waals surface area contributed by atoms with Crippen LogP contribution in [0.25, 0.3) is 11.0 Å². The fraction of sp³-hybridized carbons (Fsp3) is 0.294. The van der Waals surface area contributed by atoms with Gasteiger partial charge in [-0.25, -0.2) is 9.78 Å². The summed E-state index contributed by atoms with van der Waals surface area (Å²) in [5.41, 5.74) is -0.338. The van der Waals surface area contributed by atoms with E-state index in [0.29, 0.717) is 5.56 Å². The molecule has 3 heterocycles. The lowest BCUT2D eigenvalue weighted by Crippen LogP contribution is -2.37. The van der Waals surface area contributed by atoms with Crippen LogP contribution in [0.1, 0.15) is 28.2 Å². The molecular formula is C17H18N4O3S. The number of pyridine rings is 1. The van der Waals surface area contributed by atoms with Crippen molar-refractivity contribution in [2.45, 2.75) is 13.0 Å². The van der Waals surface area contributed by atoms with E-state index in [2.05, 4.69) is 4.98 Å². The summed E-state index contributed by atoms with van der Waals surface area (Å²) in [4.78, 5) is 44.0. The molecule has 1 amide bonds. The lowest BCUT2D eigenvalue weighted by Gasteiger charge is -2.24. The number of fused-ring (bicyclic) bond motifs is 1. The normalized spacial score (nSPS) is 12.3. The molecule has 0 radical (unpaired) electrons. The van der Waals surface area contributed by atoms with E-state index in [9.17, 15) is 14.4 Å². The van der Waals surface area contributed by atoms with E-state index in [1.54, 1.807) is 30.3 Å². The first-order chi connectivity index (χ1) is 11.8. The highest BCUT2D eigenvalue weighted by Crippen LogP contribution is 2.24. The van der Waals surface area contributed by atoms with Gasteiger partial charge in [-0.05, 0) is 24.4 Å². The summed E-state index contributed by atoms with van der Waals surface area (Å²) < 4.78 is 2.30. The Balaban J connectivity index is 2.06. The summed E-state index contributed by atoms with van der Waals surface area (Å²) in [6.45, 7) is 1.95. The first kappa shape index (κ1) is 17.1. The second-order valence-corrected chi connectivity index (χ2v) is 6.89. The molecular weight excluding hydrogens is 340 g/mol. The summed E-state index contributed by atoms with van der Waals surface area (Å²) in [5, 5.41) is 2.21. The van der Waals surface area contributed by atoms with Gasteiger partial charge in [-0.15, -0.1) is 11.3 Å². The number of carbonyl (C=O) groups is 1. The summed E-state index contributed by atoms with van der Waals surface area (Å²) >= 11 is 1.58. The Kier molecular flexibility index (Phi) is 4.30. The Morgan fingerprint density at radius 1 is 1.28 bits per heavy atom. The summed E-state index contributed by atoms with van der Waals surface area (Å²) in [5.74, 6) is -0.230. The number of hydrogen-bond acceptors (Lipinski definition) is 5. The highest BCUT2D eigenvalue weighted by molar-refractivity contribution is 7.10. The molecule has 0 bridgehead atoms. The monoisotopic (exact) mass is 358 g/mol. The van der Waals surface area contributed by atoms with Crippen molar-refractivity contribution in [2.24, 2.45) is 14.1 Å². The van der Waals surface area contributed by atoms with Crippen molar-refractivity contribution >= 4 is 28.3 Å². The number of carbonyl (C=O) groups excluding carboxylic acids is 1. The molecule has 0 fully saturated rings. The number of hydrogen-bond donors (Lipinski definition) is 0. The number of thiophene rings is 1. The topological polar surface area (TPSA) is 77.2 Å². The van der Waals surface area contributed by atoms with E-state index in [1.807, 2.05) is 24.4 Å². The number of nitrogens with zero attached hydrogens (tertiary/aromatic N) is 4. The van der Waals surface area contributed by atoms with Gasteiger partial charge in [0.05, 0.1) is 17.0 Å². The molecule has 3 aromatic heterocycles. The molecule has 0 saturated heterocycles. The second kappa shape index (κ2) is 6.29. The fourth-order valence-electron chi connectivity index (χ4n) is 2.68. The Hall–Kier alpha value is -2.74. The lowest BCUT2D eigenvalue weighted by atomic mass is 10.1. The molecule has 130 valence electrons. The standard InChI is InChI=1S/C17H18N4O3S/c1-10(13-6-5-7-25-13)19(2)15(22)11-8-12-14(18-9-11)20(3)17(24)21(4)16(12)23/h5-10H,1-4H3/t10-/m1/s1. The summed E-state index contributed by atoms with van der Waals surface area (Å²) in [6.07, 6.45) is 1.40. The van der Waals surface area contributed by atoms with Crippen molar-refractivity contribution < 1.29 is 4.79 Å². The van der Waals surface area contributed by atoms with Crippen LogP contribution >= 0.6 is 11.3 Å². The minimum absolute atomic E-state index is 0.0915. The van der Waals surface area contributed by atoms with Gasteiger partial charge in [-0.1, -0.05) is 6.07 Å². The van der Waals surface area contributed by atoms with E-state index >= 15 is 0 Å². The molecule has 0 N–H and O–H groups in total. The van der Waals surface area contributed by atoms with Crippen molar-refractivity contribution in [3.63, 3.8) is 0 Å². The molecule has 7 nitrogen and oxygen atoms in total. The SMILES string of the molecule is C[C@H](c1cccs1)N(C)C(=O)c1cnc2c(c1)c(=O)n(C)c(=O)n2C. The van der Waals surface area contributed by atoms with Crippen molar-refractivity contribution in [2.75, 3.05) is 7.05 Å². The van der Waals surface area contributed by atoms with Crippen LogP contribution < -0.4 is 11.2 Å². The summed E-state index contributed by atoms with van der Waals surface area (Å²) in [6, 6.07) is 5.33. The van der Waals surface area contributed by atoms with Crippen molar-refractivity contribution in [3.8, 4) is 0 Å². The molecule has 25 heavy (non-hydrogen) atoms. The Morgan fingerprint density at radius 2 is 2.00 bits per heavy atom. The first-order valence-corrected chi connectivity index (χ1v) is 8.57. The van der Waals surface area contributed by atoms with Gasteiger partial charge < -0.3 is 4.90 Å². The predicted octanol–water partition coefficient (Wildman–Crippen LogP) is 1.53. The van der Waals surface area contributed by atoms with Crippen LogP contribution in [0.2, 0.25) is 0 Å². The van der Waals surface area contributed by atoms with Crippen molar-refractivity contribution in [1.82, 2.24) is 19.0 Å². The zero-order valence-electron chi connectivity index (χ0n) is 14.4. The molecule has 0 aliphatic heterocycles. The maximum absolute atomic E-state index is 12.8. The third-order valence-electron chi connectivity index (χ3n) is 4.40. The van der Waals surface area contributed by atoms with Gasteiger partial charge in [0.2, 0.25) is 0 Å². The van der Waals surface area contributed by atoms with Gasteiger partial charge >= 0.3 is 5.69 Å². The maximum Gasteiger partial charge on any atom is 0.332 e. The molecule has 1 atom stereocenters. The van der Waals surface area contributed by atoms with Gasteiger partial charge in [0.15, 0.2) is 0 Å². The quantitative estimate of drug-likeness (QED) is 0.711. The molecule has 8 heteroatoms. The molecule has 3 aromatic rings. The minimum Gasteiger partial charge on any atom is -0.334 e. The third kappa shape index (κ3) is 2.78. The predicted molar refractivity (Wildman–Crippen MR) is 97.1 cm³/mol. The molecule has 0 aliphatic carbocycles. The minimum atomic E-state index is -0.464. The van der Waals surface area contributed by atoms with Crippen LogP contribution in [0.5, 0.6) is 0 Å². The van der Waals surface area contributed by atoms with Gasteiger partial charge in [0.25, 0.3) is 11.5 Å². The van der Waals surface area contributed by atoms with E-state index in [1.165, 1.54) is 23.9 Å². The fourth-order valence-corrected chi connectivity index (χ4v) is 3.51. The van der Waals surface area contributed by atoms with Gasteiger partial charge in [-0.2, -0.15) is 0 Å². The average molecular weight is 358 g/mol. The van der Waals surface area contributed by atoms with Gasteiger partial charge in [-0.3, -0.25) is 18.7 Å². The van der Waals surface area contributed by atoms with Crippen LogP contribution in [-0.4, -0.2) is 32.0 Å². The lowest BCUT2D eigenvalue weighted by molar-refractivity contribution is 0.0744. The maximum atomic E-state index is 12.8. The summed E-state index contributed by atoms with van der Waals surface area (Å²) in [7, 11) is 4.67. The number of aromatic nitrogens is 3. The average Bonchev–Trinajstić information content (AvgIpc) is 3.17. The van der Waals surface area contributed by atoms with Gasteiger partial charge in [0, 0.05) is 32.2 Å². The number of rotatable bonds is 3. The zero-order chi connectivity index (χ0) is 18.3. The van der Waals surface area contributed by atoms with E-state index in [0.717, 1.165) is 9.44 Å². The largest absolute Gasteiger partial charge is 0.334 e. The third-order valence-corrected chi connectivity index (χ3v) is 5.44. The molecule has 3 rings (SSSR count). The van der Waals surface area contributed by atoms with Crippen LogP contribution in [0.4, 0.5) is 0 Å². The molecule has 0 unspecified atom stereocenters. The molecule has 0 spiro atoms. The first-order valence-electron chi connectivity index (χ1n) is 7.69. The Bertz CT molecular complexity index is 1070. The Morgan fingerprint density at radius 3 is 2.64 bits per heavy atom. The smallest absolute Gasteiger partial charge is 0.332 e. The van der Waals surface area contributed by atoms with Gasteiger partial charge in [0.1, 0.15) is 5.65 Å². The zero-order valence-corrected chi connectivity index (χ0v) is 15.2. The highest BCUT2D eigenvalue weighted by Gasteiger charge is 2.21. The number of amides is 1. The molecule has 0 aromatic carbocycles. The van der Waals surface area contributed by atoms with E-state index < -0.39 is 11.2 Å². The van der Waals surface area contributed by atoms with Crippen LogP contribution in [0.3, 0.4) is 0 Å². The molecule has 0 aliphatic rings. The van der Waals surface area contributed by atoms with Crippen LogP contribution in [0, 0.1) is 0 Å². The highest BCUT2D eigenvalue weighted by atomic mass is 32.1. The van der Waals surface area contributed by atoms with Crippen LogP contribution in [-0.2, 0) is 14.1 Å². The van der Waals surface area contributed by atoms with E-state index in [4.69, 9.17) is 0 Å². The Labute approximate surface area is 147 Å². The van der Waals surface area contributed by atoms with E-state index in [-0.39, 0.29) is 23.0 Å². The van der Waals surface area contributed by atoms with Crippen molar-refractivity contribution in [3.05, 3.63) is 61.1 Å². The van der Waals surface area contributed by atoms with Crippen molar-refractivity contribution in [1.29, 1.82) is 0 Å². The second-order valence-electron chi connectivity index (χ2n) is 5.91. The van der Waals surface area contributed by atoms with Crippen LogP contribution in [0.15, 0.2) is 39.4 Å². The number of aryl methyl sites for hydroxylation is 1. The molecule has 0 saturated carbocycles.